The number of hydrogen-bond donors (Lipinski definition) is 3. The predicted molar refractivity (Wildman–Crippen MR) is 139 cm³/mol. The van der Waals surface area contributed by atoms with Crippen LogP contribution in [0.1, 0.15) is 72.6 Å². The largest absolute Gasteiger partial charge is 0.493 e. The number of amides is 2. The Hall–Kier alpha value is -2.45. The third kappa shape index (κ3) is 7.54. The highest BCUT2D eigenvalue weighted by Crippen LogP contribution is 2.24. The smallest absolute Gasteiger partial charge is 0.261 e. The van der Waals surface area contributed by atoms with Gasteiger partial charge in [0, 0.05) is 10.5 Å². The van der Waals surface area contributed by atoms with Gasteiger partial charge >= 0.3 is 0 Å². The van der Waals surface area contributed by atoms with Crippen molar-refractivity contribution in [2.45, 2.75) is 57.9 Å². The van der Waals surface area contributed by atoms with E-state index in [1.807, 2.05) is 18.2 Å². The molecule has 176 valence electrons. The number of unbranched alkanes of at least 4 members (excludes halogenated alkanes) is 1. The molecule has 1 saturated carbocycles. The molecular weight excluding hydrogens is 502 g/mol. The number of nitrogens with one attached hydrogen (secondary N) is 3. The van der Waals surface area contributed by atoms with Gasteiger partial charge in [-0.2, -0.15) is 0 Å². The van der Waals surface area contributed by atoms with E-state index in [9.17, 15) is 9.59 Å². The Bertz CT molecular complexity index is 993. The summed E-state index contributed by atoms with van der Waals surface area (Å²) in [7, 11) is 0. The number of carbonyl (C=O) groups is 2. The third-order valence-corrected chi connectivity index (χ3v) is 6.23. The number of hydrogen-bond acceptors (Lipinski definition) is 4. The van der Waals surface area contributed by atoms with E-state index >= 15 is 0 Å². The average molecular weight is 533 g/mol. The van der Waals surface area contributed by atoms with Crippen molar-refractivity contribution >= 4 is 50.8 Å². The first kappa shape index (κ1) is 25.2. The van der Waals surface area contributed by atoms with Crippen LogP contribution in [-0.2, 0) is 0 Å². The minimum atomic E-state index is -0.385. The van der Waals surface area contributed by atoms with Gasteiger partial charge in [0.1, 0.15) is 5.75 Å². The molecule has 2 aromatic rings. The molecule has 3 rings (SSSR count). The third-order valence-electron chi connectivity index (χ3n) is 5.53. The van der Waals surface area contributed by atoms with Crippen LogP contribution in [-0.4, -0.2) is 29.6 Å². The molecule has 3 N–H and O–H groups in total. The summed E-state index contributed by atoms with van der Waals surface area (Å²) >= 11 is 8.78. The van der Waals surface area contributed by atoms with E-state index in [-0.39, 0.29) is 23.0 Å². The van der Waals surface area contributed by atoms with Crippen molar-refractivity contribution in [1.29, 1.82) is 0 Å². The molecule has 0 atom stereocenters. The fraction of sp³-hybridized carbons (Fsp3) is 0.400. The Morgan fingerprint density at radius 1 is 1.06 bits per heavy atom. The van der Waals surface area contributed by atoms with Crippen molar-refractivity contribution < 1.29 is 14.3 Å². The number of thiocarbonyl (C=S) groups is 1. The van der Waals surface area contributed by atoms with Gasteiger partial charge in [-0.3, -0.25) is 14.9 Å². The van der Waals surface area contributed by atoms with E-state index in [1.54, 1.807) is 24.3 Å². The lowest BCUT2D eigenvalue weighted by molar-refractivity contribution is 0.0927. The van der Waals surface area contributed by atoms with Gasteiger partial charge in [0.15, 0.2) is 5.11 Å². The van der Waals surface area contributed by atoms with Crippen LogP contribution in [0.3, 0.4) is 0 Å². The summed E-state index contributed by atoms with van der Waals surface area (Å²) in [5.74, 6) is -0.0265. The van der Waals surface area contributed by atoms with Gasteiger partial charge in [-0.15, -0.1) is 0 Å². The molecule has 6 nitrogen and oxygen atoms in total. The van der Waals surface area contributed by atoms with Crippen LogP contribution in [0.25, 0.3) is 0 Å². The molecule has 0 saturated heterocycles. The lowest BCUT2D eigenvalue weighted by Crippen LogP contribution is -2.38. The topological polar surface area (TPSA) is 79.5 Å². The second-order valence-electron chi connectivity index (χ2n) is 8.10. The summed E-state index contributed by atoms with van der Waals surface area (Å²) < 4.78 is 6.54. The van der Waals surface area contributed by atoms with Crippen molar-refractivity contribution in [3.05, 3.63) is 58.1 Å². The van der Waals surface area contributed by atoms with Crippen molar-refractivity contribution in [2.24, 2.45) is 0 Å². The van der Waals surface area contributed by atoms with Crippen LogP contribution >= 0.6 is 28.1 Å². The van der Waals surface area contributed by atoms with E-state index in [1.165, 1.54) is 6.42 Å². The zero-order chi connectivity index (χ0) is 23.6. The van der Waals surface area contributed by atoms with Gasteiger partial charge in [0.25, 0.3) is 11.8 Å². The summed E-state index contributed by atoms with van der Waals surface area (Å²) in [5, 5.41) is 8.93. The Balaban J connectivity index is 1.66. The maximum atomic E-state index is 12.9. The lowest BCUT2D eigenvalue weighted by atomic mass is 9.95. The predicted octanol–water partition coefficient (Wildman–Crippen LogP) is 5.82. The first-order valence-electron chi connectivity index (χ1n) is 11.4. The van der Waals surface area contributed by atoms with Crippen LogP contribution < -0.4 is 20.7 Å². The minimum Gasteiger partial charge on any atom is -0.493 e. The average Bonchev–Trinajstić information content (AvgIpc) is 2.81. The van der Waals surface area contributed by atoms with E-state index in [2.05, 4.69) is 38.8 Å². The van der Waals surface area contributed by atoms with Gasteiger partial charge in [-0.1, -0.05) is 60.7 Å². The molecule has 1 fully saturated rings. The number of carbonyl (C=O) groups excluding carboxylic acids is 2. The number of halogens is 1. The molecule has 0 aromatic heterocycles. The Morgan fingerprint density at radius 3 is 2.58 bits per heavy atom. The fourth-order valence-corrected chi connectivity index (χ4v) is 4.32. The molecule has 1 aliphatic carbocycles. The summed E-state index contributed by atoms with van der Waals surface area (Å²) in [6.45, 7) is 2.61. The highest BCUT2D eigenvalue weighted by Gasteiger charge is 2.20. The number of ether oxygens (including phenoxy) is 1. The molecular formula is C25H30BrN3O3S. The number of rotatable bonds is 8. The molecule has 0 bridgehead atoms. The van der Waals surface area contributed by atoms with Crippen LogP contribution in [0.5, 0.6) is 5.75 Å². The fourth-order valence-electron chi connectivity index (χ4n) is 3.76. The van der Waals surface area contributed by atoms with Gasteiger partial charge in [-0.05, 0) is 61.8 Å². The molecule has 1 aliphatic rings. The second-order valence-corrected chi connectivity index (χ2v) is 9.43. The summed E-state index contributed by atoms with van der Waals surface area (Å²) in [6.07, 6.45) is 7.41. The molecule has 8 heteroatoms. The number of para-hydroxylation sites is 1. The van der Waals surface area contributed by atoms with E-state index in [0.717, 1.165) is 43.0 Å². The highest BCUT2D eigenvalue weighted by molar-refractivity contribution is 9.10. The first-order chi connectivity index (χ1) is 16.0. The van der Waals surface area contributed by atoms with E-state index in [0.29, 0.717) is 29.2 Å². The van der Waals surface area contributed by atoms with Crippen molar-refractivity contribution in [3.8, 4) is 5.75 Å². The lowest BCUT2D eigenvalue weighted by Gasteiger charge is -2.23. The second kappa shape index (κ2) is 12.7. The molecule has 0 heterocycles. The molecule has 2 amide bonds. The van der Waals surface area contributed by atoms with Crippen molar-refractivity contribution in [1.82, 2.24) is 10.6 Å². The Morgan fingerprint density at radius 2 is 1.82 bits per heavy atom. The Kier molecular flexibility index (Phi) is 9.69. The highest BCUT2D eigenvalue weighted by atomic mass is 79.9. The maximum Gasteiger partial charge on any atom is 0.261 e. The van der Waals surface area contributed by atoms with Crippen LogP contribution in [0.4, 0.5) is 5.69 Å². The normalized spacial score (nSPS) is 13.8. The molecule has 33 heavy (non-hydrogen) atoms. The van der Waals surface area contributed by atoms with Gasteiger partial charge in [0.05, 0.1) is 23.4 Å². The van der Waals surface area contributed by atoms with Crippen molar-refractivity contribution in [3.63, 3.8) is 0 Å². The Labute approximate surface area is 209 Å². The SMILES string of the molecule is CCCCOc1ccc(Br)cc1C(=O)NC(=S)Nc1ccccc1C(=O)NC1CCCCC1. The first-order valence-corrected chi connectivity index (χ1v) is 12.6. The van der Waals surface area contributed by atoms with E-state index < -0.39 is 0 Å². The maximum absolute atomic E-state index is 12.9. The number of anilines is 1. The zero-order valence-corrected chi connectivity index (χ0v) is 21.2. The van der Waals surface area contributed by atoms with Gasteiger partial charge in [-0.25, -0.2) is 0 Å². The van der Waals surface area contributed by atoms with E-state index in [4.69, 9.17) is 17.0 Å². The molecule has 0 unspecified atom stereocenters. The standard InChI is InChI=1S/C25H30BrN3O3S/c1-2-3-15-32-22-14-13-17(26)16-20(22)24(31)29-25(33)28-21-12-8-7-11-19(21)23(30)27-18-9-5-4-6-10-18/h7-8,11-14,16,18H,2-6,9-10,15H2,1H3,(H,27,30)(H2,28,29,31,33). The summed E-state index contributed by atoms with van der Waals surface area (Å²) in [4.78, 5) is 25.8. The zero-order valence-electron chi connectivity index (χ0n) is 18.8. The molecule has 0 radical (unpaired) electrons. The van der Waals surface area contributed by atoms with Crippen LogP contribution in [0.15, 0.2) is 46.9 Å². The van der Waals surface area contributed by atoms with Crippen molar-refractivity contribution in [2.75, 3.05) is 11.9 Å². The van der Waals surface area contributed by atoms with Gasteiger partial charge < -0.3 is 15.4 Å². The quantitative estimate of drug-likeness (QED) is 0.295. The minimum absolute atomic E-state index is 0.109. The monoisotopic (exact) mass is 531 g/mol. The van der Waals surface area contributed by atoms with Gasteiger partial charge in [0.2, 0.25) is 0 Å². The van der Waals surface area contributed by atoms with Crippen LogP contribution in [0.2, 0.25) is 0 Å². The number of benzene rings is 2. The summed E-state index contributed by atoms with van der Waals surface area (Å²) in [6, 6.07) is 12.6. The molecule has 0 spiro atoms. The van der Waals surface area contributed by atoms with Crippen LogP contribution in [0, 0.1) is 0 Å². The molecule has 0 aliphatic heterocycles. The molecule has 2 aromatic carbocycles. The summed E-state index contributed by atoms with van der Waals surface area (Å²) in [5.41, 5.74) is 1.42.